The van der Waals surface area contributed by atoms with Crippen LogP contribution in [0.1, 0.15) is 33.1 Å². The predicted molar refractivity (Wildman–Crippen MR) is 62.0 cm³/mol. The van der Waals surface area contributed by atoms with Crippen molar-refractivity contribution in [3.8, 4) is 0 Å². The lowest BCUT2D eigenvalue weighted by molar-refractivity contribution is 0.0709. The van der Waals surface area contributed by atoms with Crippen LogP contribution in [0.15, 0.2) is 0 Å². The van der Waals surface area contributed by atoms with E-state index in [2.05, 4.69) is 18.7 Å². The summed E-state index contributed by atoms with van der Waals surface area (Å²) in [4.78, 5) is 2.54. The Hall–Kier alpha value is -0.120. The lowest BCUT2D eigenvalue weighted by Gasteiger charge is -2.22. The Labute approximate surface area is 93.4 Å². The normalized spacial score (nSPS) is 16.6. The van der Waals surface area contributed by atoms with E-state index in [1.807, 2.05) is 0 Å². The van der Waals surface area contributed by atoms with Gasteiger partial charge in [0.05, 0.1) is 19.8 Å². The Bertz CT molecular complexity index is 158. The highest BCUT2D eigenvalue weighted by atomic mass is 16.5. The van der Waals surface area contributed by atoms with Gasteiger partial charge in [-0.25, -0.2) is 0 Å². The SMILES string of the molecule is CC(C)CCN(CCOCCO)C1CC1. The van der Waals surface area contributed by atoms with Gasteiger partial charge in [0.2, 0.25) is 0 Å². The van der Waals surface area contributed by atoms with E-state index in [4.69, 9.17) is 9.84 Å². The highest BCUT2D eigenvalue weighted by Gasteiger charge is 2.28. The van der Waals surface area contributed by atoms with Crippen molar-refractivity contribution in [3.05, 3.63) is 0 Å². The molecule has 3 nitrogen and oxygen atoms in total. The van der Waals surface area contributed by atoms with Crippen LogP contribution in [0, 0.1) is 5.92 Å². The predicted octanol–water partition coefficient (Wildman–Crippen LogP) is 1.51. The maximum atomic E-state index is 8.59. The molecule has 1 aliphatic carbocycles. The van der Waals surface area contributed by atoms with Gasteiger partial charge < -0.3 is 9.84 Å². The summed E-state index contributed by atoms with van der Waals surface area (Å²) in [5.41, 5.74) is 0. The van der Waals surface area contributed by atoms with Gasteiger partial charge in [-0.15, -0.1) is 0 Å². The monoisotopic (exact) mass is 215 g/mol. The van der Waals surface area contributed by atoms with E-state index in [0.29, 0.717) is 6.61 Å². The molecule has 1 aliphatic rings. The van der Waals surface area contributed by atoms with Crippen LogP contribution in [0.3, 0.4) is 0 Å². The average Bonchev–Trinajstić information content (AvgIpc) is 3.00. The van der Waals surface area contributed by atoms with Gasteiger partial charge in [0, 0.05) is 12.6 Å². The molecule has 0 amide bonds. The molecule has 3 heteroatoms. The Kier molecular flexibility index (Phi) is 6.22. The van der Waals surface area contributed by atoms with E-state index in [1.54, 1.807) is 0 Å². The molecule has 0 atom stereocenters. The van der Waals surface area contributed by atoms with Gasteiger partial charge in [-0.1, -0.05) is 13.8 Å². The molecule has 0 aromatic rings. The van der Waals surface area contributed by atoms with Gasteiger partial charge in [-0.05, 0) is 31.7 Å². The van der Waals surface area contributed by atoms with Crippen LogP contribution >= 0.6 is 0 Å². The molecule has 0 saturated heterocycles. The molecule has 0 unspecified atom stereocenters. The number of aliphatic hydroxyl groups excluding tert-OH is 1. The van der Waals surface area contributed by atoms with Gasteiger partial charge in [0.15, 0.2) is 0 Å². The van der Waals surface area contributed by atoms with Crippen molar-refractivity contribution < 1.29 is 9.84 Å². The highest BCUT2D eigenvalue weighted by molar-refractivity contribution is 4.84. The third-order valence-corrected chi connectivity index (χ3v) is 2.82. The zero-order chi connectivity index (χ0) is 11.1. The van der Waals surface area contributed by atoms with Crippen LogP contribution in [-0.4, -0.2) is 49.0 Å². The maximum absolute atomic E-state index is 8.59. The largest absolute Gasteiger partial charge is 0.394 e. The second kappa shape index (κ2) is 7.20. The minimum absolute atomic E-state index is 0.134. The molecule has 15 heavy (non-hydrogen) atoms. The van der Waals surface area contributed by atoms with Gasteiger partial charge in [-0.3, -0.25) is 4.90 Å². The molecule has 0 aromatic heterocycles. The first-order valence-electron chi connectivity index (χ1n) is 6.16. The Balaban J connectivity index is 2.07. The summed E-state index contributed by atoms with van der Waals surface area (Å²) >= 11 is 0. The van der Waals surface area contributed by atoms with Crippen molar-refractivity contribution in [1.82, 2.24) is 4.90 Å². The fraction of sp³-hybridized carbons (Fsp3) is 1.00. The van der Waals surface area contributed by atoms with Gasteiger partial charge in [0.1, 0.15) is 0 Å². The molecular weight excluding hydrogens is 190 g/mol. The molecule has 0 spiro atoms. The third-order valence-electron chi connectivity index (χ3n) is 2.82. The molecule has 0 aliphatic heterocycles. The zero-order valence-corrected chi connectivity index (χ0v) is 10.1. The van der Waals surface area contributed by atoms with Crippen molar-refractivity contribution in [2.24, 2.45) is 5.92 Å². The van der Waals surface area contributed by atoms with E-state index in [0.717, 1.165) is 25.1 Å². The number of hydrogen-bond acceptors (Lipinski definition) is 3. The summed E-state index contributed by atoms with van der Waals surface area (Å²) in [7, 11) is 0. The Morgan fingerprint density at radius 3 is 2.53 bits per heavy atom. The first-order chi connectivity index (χ1) is 7.24. The molecule has 1 rings (SSSR count). The first kappa shape index (κ1) is 12.9. The third kappa shape index (κ3) is 6.13. The maximum Gasteiger partial charge on any atom is 0.0698 e. The van der Waals surface area contributed by atoms with Crippen molar-refractivity contribution in [1.29, 1.82) is 0 Å². The van der Waals surface area contributed by atoms with Crippen LogP contribution in [0.5, 0.6) is 0 Å². The number of aliphatic hydroxyl groups is 1. The van der Waals surface area contributed by atoms with Crippen LogP contribution in [0.25, 0.3) is 0 Å². The van der Waals surface area contributed by atoms with E-state index in [-0.39, 0.29) is 6.61 Å². The molecule has 1 N–H and O–H groups in total. The lowest BCUT2D eigenvalue weighted by atomic mass is 10.1. The number of hydrogen-bond donors (Lipinski definition) is 1. The Morgan fingerprint density at radius 2 is 2.00 bits per heavy atom. The van der Waals surface area contributed by atoms with E-state index >= 15 is 0 Å². The second-order valence-electron chi connectivity index (χ2n) is 4.79. The van der Waals surface area contributed by atoms with Gasteiger partial charge in [0.25, 0.3) is 0 Å². The fourth-order valence-corrected chi connectivity index (χ4v) is 1.69. The molecule has 1 fully saturated rings. The second-order valence-corrected chi connectivity index (χ2v) is 4.79. The minimum Gasteiger partial charge on any atom is -0.394 e. The number of rotatable bonds is 9. The smallest absolute Gasteiger partial charge is 0.0698 e. The zero-order valence-electron chi connectivity index (χ0n) is 10.1. The summed E-state index contributed by atoms with van der Waals surface area (Å²) in [5, 5.41) is 8.59. The van der Waals surface area contributed by atoms with Crippen LogP contribution in [0.4, 0.5) is 0 Å². The molecule has 0 radical (unpaired) electrons. The number of ether oxygens (including phenoxy) is 1. The van der Waals surface area contributed by atoms with Crippen molar-refractivity contribution >= 4 is 0 Å². The quantitative estimate of drug-likeness (QED) is 0.592. The van der Waals surface area contributed by atoms with E-state index in [1.165, 1.54) is 25.8 Å². The first-order valence-corrected chi connectivity index (χ1v) is 6.16. The summed E-state index contributed by atoms with van der Waals surface area (Å²) in [5.74, 6) is 0.782. The van der Waals surface area contributed by atoms with Crippen molar-refractivity contribution in [2.45, 2.75) is 39.2 Å². The van der Waals surface area contributed by atoms with E-state index < -0.39 is 0 Å². The summed E-state index contributed by atoms with van der Waals surface area (Å²) in [6.07, 6.45) is 3.99. The summed E-state index contributed by atoms with van der Waals surface area (Å²) in [6.45, 7) is 8.14. The summed E-state index contributed by atoms with van der Waals surface area (Å²) < 4.78 is 5.31. The topological polar surface area (TPSA) is 32.7 Å². The molecule has 90 valence electrons. The molecule has 0 heterocycles. The average molecular weight is 215 g/mol. The molecule has 1 saturated carbocycles. The van der Waals surface area contributed by atoms with Crippen LogP contribution in [0.2, 0.25) is 0 Å². The van der Waals surface area contributed by atoms with Crippen molar-refractivity contribution in [2.75, 3.05) is 32.9 Å². The van der Waals surface area contributed by atoms with Crippen LogP contribution < -0.4 is 0 Å². The molecule has 0 bridgehead atoms. The van der Waals surface area contributed by atoms with E-state index in [9.17, 15) is 0 Å². The molecular formula is C12H25NO2. The molecule has 0 aromatic carbocycles. The minimum atomic E-state index is 0.134. The highest BCUT2D eigenvalue weighted by Crippen LogP contribution is 2.26. The van der Waals surface area contributed by atoms with Crippen molar-refractivity contribution in [3.63, 3.8) is 0 Å². The Morgan fingerprint density at radius 1 is 1.27 bits per heavy atom. The lowest BCUT2D eigenvalue weighted by Crippen LogP contribution is -2.31. The van der Waals surface area contributed by atoms with Gasteiger partial charge >= 0.3 is 0 Å². The van der Waals surface area contributed by atoms with Crippen LogP contribution in [-0.2, 0) is 4.74 Å². The van der Waals surface area contributed by atoms with Gasteiger partial charge in [-0.2, -0.15) is 0 Å². The fourth-order valence-electron chi connectivity index (χ4n) is 1.69. The summed E-state index contributed by atoms with van der Waals surface area (Å²) in [6, 6.07) is 0.821. The number of nitrogens with zero attached hydrogens (tertiary/aromatic N) is 1. The standard InChI is InChI=1S/C12H25NO2/c1-11(2)5-6-13(12-3-4-12)7-9-15-10-8-14/h11-12,14H,3-10H2,1-2H3.